The van der Waals surface area contributed by atoms with Crippen LogP contribution >= 0.6 is 0 Å². The second kappa shape index (κ2) is 9.97. The van der Waals surface area contributed by atoms with Crippen LogP contribution in [0.4, 0.5) is 10.1 Å². The van der Waals surface area contributed by atoms with Crippen LogP contribution in [0, 0.1) is 17.7 Å². The highest BCUT2D eigenvalue weighted by Crippen LogP contribution is 2.36. The predicted molar refractivity (Wildman–Crippen MR) is 138 cm³/mol. The molecule has 0 aromatic heterocycles. The third-order valence-corrected chi connectivity index (χ3v) is 9.08. The molecule has 5 rings (SSSR count). The Morgan fingerprint density at radius 2 is 1.78 bits per heavy atom. The highest BCUT2D eigenvalue weighted by atomic mass is 32.2. The SMILES string of the molecule is C[C@H]1[C@H](C)CCC[C@@H]1NC(=O)c1ccc2c(c1)N(Cc1ccccc1F)C(=O)c1ccccc1[S@@]2=O. The van der Waals surface area contributed by atoms with E-state index in [2.05, 4.69) is 19.2 Å². The van der Waals surface area contributed by atoms with Crippen molar-refractivity contribution in [1.29, 1.82) is 0 Å². The van der Waals surface area contributed by atoms with Crippen molar-refractivity contribution in [1.82, 2.24) is 5.32 Å². The highest BCUT2D eigenvalue weighted by molar-refractivity contribution is 7.85. The number of nitrogens with zero attached hydrogens (tertiary/aromatic N) is 1. The number of halogens is 1. The number of hydrogen-bond acceptors (Lipinski definition) is 3. The lowest BCUT2D eigenvalue weighted by molar-refractivity contribution is 0.0889. The molecule has 186 valence electrons. The van der Waals surface area contributed by atoms with Gasteiger partial charge in [-0.3, -0.25) is 9.59 Å². The van der Waals surface area contributed by atoms with Gasteiger partial charge in [0.1, 0.15) is 5.82 Å². The summed E-state index contributed by atoms with van der Waals surface area (Å²) in [7, 11) is -1.64. The molecule has 36 heavy (non-hydrogen) atoms. The second-order valence-electron chi connectivity index (χ2n) is 9.78. The molecule has 5 nitrogen and oxygen atoms in total. The molecule has 2 aliphatic rings. The van der Waals surface area contributed by atoms with E-state index in [1.807, 2.05) is 0 Å². The summed E-state index contributed by atoms with van der Waals surface area (Å²) in [5.74, 6) is -0.141. The van der Waals surface area contributed by atoms with Crippen LogP contribution in [0.3, 0.4) is 0 Å². The number of anilines is 1. The van der Waals surface area contributed by atoms with Gasteiger partial charge in [-0.25, -0.2) is 8.60 Å². The van der Waals surface area contributed by atoms with Crippen molar-refractivity contribution in [3.05, 3.63) is 89.2 Å². The van der Waals surface area contributed by atoms with E-state index in [1.54, 1.807) is 60.7 Å². The van der Waals surface area contributed by atoms with E-state index < -0.39 is 16.6 Å². The summed E-state index contributed by atoms with van der Waals surface area (Å²) >= 11 is 0. The number of fused-ring (bicyclic) bond motifs is 2. The summed E-state index contributed by atoms with van der Waals surface area (Å²) < 4.78 is 28.2. The van der Waals surface area contributed by atoms with Crippen LogP contribution in [0.1, 0.15) is 59.4 Å². The Bertz CT molecular complexity index is 1360. The van der Waals surface area contributed by atoms with Crippen molar-refractivity contribution in [2.45, 2.75) is 55.5 Å². The van der Waals surface area contributed by atoms with Gasteiger partial charge in [-0.05, 0) is 54.7 Å². The van der Waals surface area contributed by atoms with Crippen LogP contribution in [0.5, 0.6) is 0 Å². The third-order valence-electron chi connectivity index (χ3n) is 7.58. The van der Waals surface area contributed by atoms with Crippen molar-refractivity contribution < 1.29 is 18.2 Å². The minimum atomic E-state index is -1.64. The first-order valence-electron chi connectivity index (χ1n) is 12.4. The van der Waals surface area contributed by atoms with Gasteiger partial charge >= 0.3 is 0 Å². The first kappa shape index (κ1) is 24.4. The fourth-order valence-corrected chi connectivity index (χ4v) is 6.54. The number of amides is 2. The first-order valence-corrected chi connectivity index (χ1v) is 13.5. The van der Waals surface area contributed by atoms with Crippen molar-refractivity contribution >= 4 is 28.3 Å². The highest BCUT2D eigenvalue weighted by Gasteiger charge is 2.33. The van der Waals surface area contributed by atoms with Gasteiger partial charge in [0.15, 0.2) is 0 Å². The molecule has 1 aliphatic heterocycles. The Labute approximate surface area is 213 Å². The lowest BCUT2D eigenvalue weighted by Gasteiger charge is -2.34. The van der Waals surface area contributed by atoms with Crippen molar-refractivity contribution in [3.8, 4) is 0 Å². The summed E-state index contributed by atoms with van der Waals surface area (Å²) in [5.41, 5.74) is 1.38. The van der Waals surface area contributed by atoms with E-state index in [9.17, 15) is 18.2 Å². The van der Waals surface area contributed by atoms with Gasteiger partial charge in [0, 0.05) is 17.2 Å². The van der Waals surface area contributed by atoms with Crippen LogP contribution in [0.2, 0.25) is 0 Å². The molecule has 4 atom stereocenters. The second-order valence-corrected chi connectivity index (χ2v) is 11.2. The average Bonchev–Trinajstić information content (AvgIpc) is 2.97. The van der Waals surface area contributed by atoms with Crippen LogP contribution in [-0.4, -0.2) is 22.1 Å². The maximum atomic E-state index is 14.6. The van der Waals surface area contributed by atoms with E-state index in [1.165, 1.54) is 11.0 Å². The molecule has 0 unspecified atom stereocenters. The number of carbonyl (C=O) groups excluding carboxylic acids is 2. The van der Waals surface area contributed by atoms with Crippen LogP contribution in [0.15, 0.2) is 76.5 Å². The molecule has 2 amide bonds. The summed E-state index contributed by atoms with van der Waals surface area (Å²) in [6.07, 6.45) is 3.16. The quantitative estimate of drug-likeness (QED) is 0.495. The normalized spacial score (nSPS) is 23.4. The molecular weight excluding hydrogens is 475 g/mol. The van der Waals surface area contributed by atoms with E-state index in [0.29, 0.717) is 44.0 Å². The largest absolute Gasteiger partial charge is 0.349 e. The topological polar surface area (TPSA) is 66.5 Å². The standard InChI is InChI=1S/C29H29FN2O3S/c1-18-8-7-12-24(19(18)2)31-28(33)20-14-15-27-25(16-20)32(17-21-9-3-5-11-23(21)30)29(34)22-10-4-6-13-26(22)36(27)35/h3-6,9-11,13-16,18-19,24H,7-8,12,17H2,1-2H3,(H,31,33)/t18-,19+,24+,36+/m1/s1. The predicted octanol–water partition coefficient (Wildman–Crippen LogP) is 5.71. The molecular formula is C29H29FN2O3S. The lowest BCUT2D eigenvalue weighted by Crippen LogP contribution is -2.43. The van der Waals surface area contributed by atoms with Gasteiger partial charge in [0.05, 0.1) is 38.4 Å². The Morgan fingerprint density at radius 1 is 1.03 bits per heavy atom. The number of carbonyl (C=O) groups is 2. The molecule has 0 saturated heterocycles. The average molecular weight is 505 g/mol. The van der Waals surface area contributed by atoms with Gasteiger partial charge in [-0.1, -0.05) is 57.0 Å². The van der Waals surface area contributed by atoms with E-state index in [0.717, 1.165) is 19.3 Å². The van der Waals surface area contributed by atoms with E-state index >= 15 is 0 Å². The molecule has 1 fully saturated rings. The Hall–Kier alpha value is -3.32. The van der Waals surface area contributed by atoms with Gasteiger partial charge in [0.2, 0.25) is 0 Å². The Balaban J connectivity index is 1.56. The van der Waals surface area contributed by atoms with Crippen LogP contribution in [0.25, 0.3) is 0 Å². The fourth-order valence-electron chi connectivity index (χ4n) is 5.20. The monoisotopic (exact) mass is 504 g/mol. The number of nitrogens with one attached hydrogen (secondary N) is 1. The summed E-state index contributed by atoms with van der Waals surface area (Å²) in [6, 6.07) is 18.0. The molecule has 1 saturated carbocycles. The molecule has 0 bridgehead atoms. The molecule has 0 spiro atoms. The third kappa shape index (κ3) is 4.48. The van der Waals surface area contributed by atoms with E-state index in [4.69, 9.17) is 0 Å². The molecule has 3 aromatic rings. The smallest absolute Gasteiger partial charge is 0.259 e. The van der Waals surface area contributed by atoms with Crippen molar-refractivity contribution in [2.24, 2.45) is 11.8 Å². The molecule has 1 heterocycles. The zero-order chi connectivity index (χ0) is 25.4. The zero-order valence-electron chi connectivity index (χ0n) is 20.4. The minimum Gasteiger partial charge on any atom is -0.349 e. The van der Waals surface area contributed by atoms with Crippen molar-refractivity contribution in [2.75, 3.05) is 4.90 Å². The number of hydrogen-bond donors (Lipinski definition) is 1. The molecule has 1 N–H and O–H groups in total. The summed E-state index contributed by atoms with van der Waals surface area (Å²) in [4.78, 5) is 29.2. The maximum Gasteiger partial charge on any atom is 0.259 e. The summed E-state index contributed by atoms with van der Waals surface area (Å²) in [6.45, 7) is 4.33. The molecule has 3 aromatic carbocycles. The summed E-state index contributed by atoms with van der Waals surface area (Å²) in [5, 5.41) is 3.17. The van der Waals surface area contributed by atoms with Gasteiger partial charge < -0.3 is 10.2 Å². The molecule has 1 aliphatic carbocycles. The number of rotatable bonds is 4. The molecule has 7 heteroatoms. The molecule has 0 radical (unpaired) electrons. The maximum absolute atomic E-state index is 14.6. The van der Waals surface area contributed by atoms with E-state index in [-0.39, 0.29) is 24.4 Å². The van der Waals surface area contributed by atoms with Gasteiger partial charge in [-0.2, -0.15) is 0 Å². The van der Waals surface area contributed by atoms with Crippen LogP contribution in [-0.2, 0) is 17.3 Å². The van der Waals surface area contributed by atoms with Gasteiger partial charge in [-0.15, -0.1) is 0 Å². The minimum absolute atomic E-state index is 0.0493. The first-order chi connectivity index (χ1) is 17.3. The Kier molecular flexibility index (Phi) is 6.75. The van der Waals surface area contributed by atoms with Crippen molar-refractivity contribution in [3.63, 3.8) is 0 Å². The zero-order valence-corrected chi connectivity index (χ0v) is 21.2. The van der Waals surface area contributed by atoms with Crippen LogP contribution < -0.4 is 10.2 Å². The Morgan fingerprint density at radius 3 is 2.58 bits per heavy atom. The van der Waals surface area contributed by atoms with Gasteiger partial charge in [0.25, 0.3) is 11.8 Å². The number of benzene rings is 3. The fraction of sp³-hybridized carbons (Fsp3) is 0.310. The lowest BCUT2D eigenvalue weighted by atomic mass is 9.78.